The van der Waals surface area contributed by atoms with E-state index in [9.17, 15) is 9.59 Å². The van der Waals surface area contributed by atoms with Gasteiger partial charge in [0.2, 0.25) is 5.91 Å². The van der Waals surface area contributed by atoms with E-state index in [1.54, 1.807) is 20.9 Å². The van der Waals surface area contributed by atoms with Crippen molar-refractivity contribution in [2.45, 2.75) is 25.9 Å². The molecule has 0 bridgehead atoms. The van der Waals surface area contributed by atoms with E-state index in [-0.39, 0.29) is 11.6 Å². The number of amides is 1. The second-order valence-corrected chi connectivity index (χ2v) is 4.30. The summed E-state index contributed by atoms with van der Waals surface area (Å²) in [5.74, 6) is -1.26. The van der Waals surface area contributed by atoms with Gasteiger partial charge in [0.15, 0.2) is 5.69 Å². The van der Waals surface area contributed by atoms with E-state index in [2.05, 4.69) is 20.9 Å². The first kappa shape index (κ1) is 14.1. The van der Waals surface area contributed by atoms with E-state index in [4.69, 9.17) is 5.11 Å². The average Bonchev–Trinajstić information content (AvgIpc) is 2.77. The fraction of sp³-hybridized carbons (Fsp3) is 0.600. The van der Waals surface area contributed by atoms with Gasteiger partial charge in [0.25, 0.3) is 0 Å². The number of rotatable bonds is 6. The molecule has 0 unspecified atom stereocenters. The summed E-state index contributed by atoms with van der Waals surface area (Å²) in [6, 6.07) is 0. The Balaban J connectivity index is 2.42. The first-order valence-corrected chi connectivity index (χ1v) is 5.47. The van der Waals surface area contributed by atoms with Crippen LogP contribution in [0.5, 0.6) is 0 Å². The van der Waals surface area contributed by atoms with Crippen molar-refractivity contribution in [2.24, 2.45) is 0 Å². The van der Waals surface area contributed by atoms with Crippen molar-refractivity contribution in [1.29, 1.82) is 0 Å². The van der Waals surface area contributed by atoms with Gasteiger partial charge in [-0.15, -0.1) is 5.10 Å². The third-order valence-corrected chi connectivity index (χ3v) is 2.58. The van der Waals surface area contributed by atoms with Gasteiger partial charge >= 0.3 is 5.97 Å². The molecule has 8 nitrogen and oxygen atoms in total. The van der Waals surface area contributed by atoms with Crippen LogP contribution in [-0.4, -0.2) is 51.1 Å². The number of aromatic nitrogens is 3. The number of nitrogens with zero attached hydrogens (tertiary/aromatic N) is 3. The zero-order valence-corrected chi connectivity index (χ0v) is 10.6. The second-order valence-electron chi connectivity index (χ2n) is 4.30. The van der Waals surface area contributed by atoms with Crippen LogP contribution in [0.1, 0.15) is 24.3 Å². The fourth-order valence-electron chi connectivity index (χ4n) is 1.12. The molecule has 1 heterocycles. The Morgan fingerprint density at radius 3 is 2.67 bits per heavy atom. The van der Waals surface area contributed by atoms with Crippen LogP contribution in [0.25, 0.3) is 0 Å². The fourth-order valence-corrected chi connectivity index (χ4v) is 1.12. The highest BCUT2D eigenvalue weighted by Crippen LogP contribution is 1.99. The Morgan fingerprint density at radius 2 is 2.17 bits per heavy atom. The molecule has 1 aromatic rings. The quantitative estimate of drug-likeness (QED) is 0.607. The minimum absolute atomic E-state index is 0.114. The molecule has 0 aliphatic heterocycles. The van der Waals surface area contributed by atoms with Crippen LogP contribution < -0.4 is 10.6 Å². The van der Waals surface area contributed by atoms with Crippen molar-refractivity contribution in [3.63, 3.8) is 0 Å². The maximum atomic E-state index is 11.7. The molecule has 0 aliphatic rings. The Kier molecular flexibility index (Phi) is 4.38. The Labute approximate surface area is 104 Å². The largest absolute Gasteiger partial charge is 0.476 e. The molecule has 3 N–H and O–H groups in total. The molecule has 1 aromatic heterocycles. The molecule has 0 radical (unpaired) electrons. The van der Waals surface area contributed by atoms with Crippen LogP contribution in [-0.2, 0) is 11.3 Å². The topological polar surface area (TPSA) is 109 Å². The molecular weight excluding hydrogens is 238 g/mol. The molecule has 1 rings (SSSR count). The molecule has 100 valence electrons. The molecule has 0 atom stereocenters. The predicted molar refractivity (Wildman–Crippen MR) is 63.1 cm³/mol. The van der Waals surface area contributed by atoms with Gasteiger partial charge in [0.1, 0.15) is 0 Å². The molecule has 0 saturated heterocycles. The lowest BCUT2D eigenvalue weighted by Crippen LogP contribution is -2.51. The molecule has 0 fully saturated rings. The summed E-state index contributed by atoms with van der Waals surface area (Å²) < 4.78 is 1.37. The van der Waals surface area contributed by atoms with Crippen LogP contribution in [0.2, 0.25) is 0 Å². The number of carboxylic acids is 1. The monoisotopic (exact) mass is 255 g/mol. The van der Waals surface area contributed by atoms with Gasteiger partial charge in [-0.25, -0.2) is 9.48 Å². The third kappa shape index (κ3) is 3.52. The van der Waals surface area contributed by atoms with Gasteiger partial charge in [-0.05, 0) is 20.9 Å². The van der Waals surface area contributed by atoms with Crippen molar-refractivity contribution in [3.8, 4) is 0 Å². The summed E-state index contributed by atoms with van der Waals surface area (Å²) >= 11 is 0. The summed E-state index contributed by atoms with van der Waals surface area (Å²) in [4.78, 5) is 22.3. The summed E-state index contributed by atoms with van der Waals surface area (Å²) in [6.07, 6.45) is 1.32. The van der Waals surface area contributed by atoms with E-state index < -0.39 is 11.5 Å². The standard InChI is InChI=1S/C10H17N5O3/c1-10(2,11-3)9(18)12-4-5-15-6-7(8(16)17)13-14-15/h6,11H,4-5H2,1-3H3,(H,12,18)(H,16,17). The SMILES string of the molecule is CNC(C)(C)C(=O)NCCn1cc(C(=O)O)nn1. The van der Waals surface area contributed by atoms with Crippen molar-refractivity contribution in [3.05, 3.63) is 11.9 Å². The summed E-state index contributed by atoms with van der Waals surface area (Å²) in [5, 5.41) is 21.4. The number of likely N-dealkylation sites (N-methyl/N-ethyl adjacent to an activating group) is 1. The van der Waals surface area contributed by atoms with E-state index >= 15 is 0 Å². The first-order valence-electron chi connectivity index (χ1n) is 5.47. The zero-order chi connectivity index (χ0) is 13.8. The molecule has 1 amide bonds. The predicted octanol–water partition coefficient (Wildman–Crippen LogP) is -0.909. The van der Waals surface area contributed by atoms with E-state index in [1.165, 1.54) is 10.9 Å². The number of carbonyl (C=O) groups excluding carboxylic acids is 1. The lowest BCUT2D eigenvalue weighted by atomic mass is 10.1. The lowest BCUT2D eigenvalue weighted by molar-refractivity contribution is -0.126. The van der Waals surface area contributed by atoms with Gasteiger partial charge in [0, 0.05) is 6.54 Å². The number of hydrogen-bond acceptors (Lipinski definition) is 5. The Morgan fingerprint density at radius 1 is 1.50 bits per heavy atom. The Hall–Kier alpha value is -1.96. The zero-order valence-electron chi connectivity index (χ0n) is 10.6. The normalized spacial score (nSPS) is 11.3. The van der Waals surface area contributed by atoms with Crippen LogP contribution in [0.15, 0.2) is 6.20 Å². The molecule has 0 spiro atoms. The van der Waals surface area contributed by atoms with Crippen LogP contribution >= 0.6 is 0 Å². The van der Waals surface area contributed by atoms with Gasteiger partial charge in [0.05, 0.1) is 18.3 Å². The second kappa shape index (κ2) is 5.58. The molecule has 18 heavy (non-hydrogen) atoms. The molecular formula is C10H17N5O3. The average molecular weight is 255 g/mol. The van der Waals surface area contributed by atoms with E-state index in [0.29, 0.717) is 13.1 Å². The minimum atomic E-state index is -1.12. The van der Waals surface area contributed by atoms with E-state index in [1.807, 2.05) is 0 Å². The number of carbonyl (C=O) groups is 2. The van der Waals surface area contributed by atoms with Crippen LogP contribution in [0.4, 0.5) is 0 Å². The molecule has 0 saturated carbocycles. The lowest BCUT2D eigenvalue weighted by Gasteiger charge is -2.22. The van der Waals surface area contributed by atoms with Crippen molar-refractivity contribution in [2.75, 3.05) is 13.6 Å². The van der Waals surface area contributed by atoms with Crippen LogP contribution in [0.3, 0.4) is 0 Å². The Bertz CT molecular complexity index is 440. The smallest absolute Gasteiger partial charge is 0.358 e. The summed E-state index contributed by atoms with van der Waals surface area (Å²) in [7, 11) is 1.70. The number of aromatic carboxylic acids is 1. The third-order valence-electron chi connectivity index (χ3n) is 2.58. The van der Waals surface area contributed by atoms with E-state index in [0.717, 1.165) is 0 Å². The number of hydrogen-bond donors (Lipinski definition) is 3. The van der Waals surface area contributed by atoms with Gasteiger partial charge in [-0.2, -0.15) is 0 Å². The maximum Gasteiger partial charge on any atom is 0.358 e. The van der Waals surface area contributed by atoms with Gasteiger partial charge < -0.3 is 15.7 Å². The number of carboxylic acid groups (broad SMARTS) is 1. The van der Waals surface area contributed by atoms with Crippen molar-refractivity contribution < 1.29 is 14.7 Å². The minimum Gasteiger partial charge on any atom is -0.476 e. The van der Waals surface area contributed by atoms with Crippen molar-refractivity contribution in [1.82, 2.24) is 25.6 Å². The van der Waals surface area contributed by atoms with Gasteiger partial charge in [-0.1, -0.05) is 5.21 Å². The number of nitrogens with one attached hydrogen (secondary N) is 2. The highest BCUT2D eigenvalue weighted by molar-refractivity contribution is 5.85. The maximum absolute atomic E-state index is 11.7. The molecule has 0 aliphatic carbocycles. The van der Waals surface area contributed by atoms with Gasteiger partial charge in [-0.3, -0.25) is 4.79 Å². The molecule has 0 aromatic carbocycles. The molecule has 8 heteroatoms. The summed E-state index contributed by atoms with van der Waals surface area (Å²) in [6.45, 7) is 4.25. The van der Waals surface area contributed by atoms with Crippen LogP contribution in [0, 0.1) is 0 Å². The highest BCUT2D eigenvalue weighted by Gasteiger charge is 2.24. The van der Waals surface area contributed by atoms with Crippen molar-refractivity contribution >= 4 is 11.9 Å². The first-order chi connectivity index (χ1) is 8.36. The highest BCUT2D eigenvalue weighted by atomic mass is 16.4. The summed E-state index contributed by atoms with van der Waals surface area (Å²) in [5.41, 5.74) is -0.758.